The van der Waals surface area contributed by atoms with Gasteiger partial charge < -0.3 is 4.74 Å². The van der Waals surface area contributed by atoms with Crippen LogP contribution in [0.25, 0.3) is 5.69 Å². The number of hydrogen-bond acceptors (Lipinski definition) is 3. The van der Waals surface area contributed by atoms with Crippen LogP contribution in [0.1, 0.15) is 23.9 Å². The van der Waals surface area contributed by atoms with Crippen molar-refractivity contribution in [3.63, 3.8) is 0 Å². The summed E-state index contributed by atoms with van der Waals surface area (Å²) in [6.45, 7) is 5.92. The van der Waals surface area contributed by atoms with E-state index in [0.29, 0.717) is 16.7 Å². The van der Waals surface area contributed by atoms with Crippen LogP contribution in [-0.2, 0) is 16.0 Å². The quantitative estimate of drug-likeness (QED) is 0.800. The van der Waals surface area contributed by atoms with E-state index in [2.05, 4.69) is 5.10 Å². The van der Waals surface area contributed by atoms with Gasteiger partial charge in [-0.3, -0.25) is 4.79 Å². The second-order valence-electron chi connectivity index (χ2n) is 4.64. The molecule has 112 valence electrons. The van der Waals surface area contributed by atoms with E-state index in [1.165, 1.54) is 0 Å². The molecule has 0 atom stereocenters. The molecule has 0 amide bonds. The van der Waals surface area contributed by atoms with Crippen molar-refractivity contribution in [3.05, 3.63) is 45.2 Å². The molecule has 0 unspecified atom stereocenters. The van der Waals surface area contributed by atoms with Crippen LogP contribution in [0.15, 0.2) is 18.2 Å². The third-order valence-corrected chi connectivity index (χ3v) is 3.74. The van der Waals surface area contributed by atoms with Crippen LogP contribution in [0, 0.1) is 13.8 Å². The molecule has 1 aromatic heterocycles. The van der Waals surface area contributed by atoms with Crippen LogP contribution in [0.2, 0.25) is 10.0 Å². The third kappa shape index (κ3) is 3.39. The van der Waals surface area contributed by atoms with Crippen LogP contribution < -0.4 is 0 Å². The largest absolute Gasteiger partial charge is 0.466 e. The summed E-state index contributed by atoms with van der Waals surface area (Å²) in [6, 6.07) is 5.22. The highest BCUT2D eigenvalue weighted by atomic mass is 35.5. The molecule has 0 aliphatic carbocycles. The van der Waals surface area contributed by atoms with Crippen molar-refractivity contribution in [1.29, 1.82) is 0 Å². The molecule has 4 nitrogen and oxygen atoms in total. The maximum Gasteiger partial charge on any atom is 0.310 e. The highest BCUT2D eigenvalue weighted by Gasteiger charge is 2.17. The number of esters is 1. The number of hydrogen-bond donors (Lipinski definition) is 0. The molecule has 0 aliphatic heterocycles. The lowest BCUT2D eigenvalue weighted by molar-refractivity contribution is -0.142. The summed E-state index contributed by atoms with van der Waals surface area (Å²) in [6.07, 6.45) is 0.205. The van der Waals surface area contributed by atoms with Crippen molar-refractivity contribution < 1.29 is 9.53 Å². The zero-order valence-electron chi connectivity index (χ0n) is 12.1. The molecule has 0 saturated carbocycles. The first kappa shape index (κ1) is 15.9. The summed E-state index contributed by atoms with van der Waals surface area (Å²) < 4.78 is 6.72. The van der Waals surface area contributed by atoms with Gasteiger partial charge in [-0.25, -0.2) is 4.68 Å². The van der Waals surface area contributed by atoms with Crippen LogP contribution in [0.5, 0.6) is 0 Å². The molecule has 0 aliphatic rings. The maximum absolute atomic E-state index is 11.7. The molecule has 6 heteroatoms. The molecule has 0 radical (unpaired) electrons. The normalized spacial score (nSPS) is 10.7. The summed E-state index contributed by atoms with van der Waals surface area (Å²) in [7, 11) is 0. The molecule has 0 N–H and O–H groups in total. The fourth-order valence-corrected chi connectivity index (χ4v) is 2.66. The Kier molecular flexibility index (Phi) is 4.91. The van der Waals surface area contributed by atoms with Crippen molar-refractivity contribution in [3.8, 4) is 5.69 Å². The third-order valence-electron chi connectivity index (χ3n) is 3.21. The van der Waals surface area contributed by atoms with Crippen molar-refractivity contribution >= 4 is 29.2 Å². The lowest BCUT2D eigenvalue weighted by Crippen LogP contribution is -2.09. The minimum Gasteiger partial charge on any atom is -0.466 e. The lowest BCUT2D eigenvalue weighted by atomic mass is 10.1. The number of nitrogens with zero attached hydrogens (tertiary/aromatic N) is 2. The van der Waals surface area contributed by atoms with Crippen molar-refractivity contribution in [2.24, 2.45) is 0 Å². The topological polar surface area (TPSA) is 44.1 Å². The minimum absolute atomic E-state index is 0.205. The van der Waals surface area contributed by atoms with Crippen molar-refractivity contribution in [1.82, 2.24) is 9.78 Å². The summed E-state index contributed by atoms with van der Waals surface area (Å²) in [5.74, 6) is -0.259. The Hall–Kier alpha value is -1.52. The molecule has 0 spiro atoms. The zero-order chi connectivity index (χ0) is 15.6. The first-order chi connectivity index (χ1) is 9.93. The average Bonchev–Trinajstić information content (AvgIpc) is 2.67. The fourth-order valence-electron chi connectivity index (χ4n) is 2.17. The average molecular weight is 327 g/mol. The van der Waals surface area contributed by atoms with Gasteiger partial charge in [0.05, 0.1) is 29.4 Å². The zero-order valence-corrected chi connectivity index (χ0v) is 13.6. The summed E-state index contributed by atoms with van der Waals surface area (Å²) in [4.78, 5) is 11.7. The highest BCUT2D eigenvalue weighted by molar-refractivity contribution is 6.35. The van der Waals surface area contributed by atoms with E-state index in [0.717, 1.165) is 22.6 Å². The van der Waals surface area contributed by atoms with Crippen LogP contribution in [0.4, 0.5) is 0 Å². The number of carbonyl (C=O) groups excluding carboxylic acids is 1. The van der Waals surface area contributed by atoms with E-state index in [1.807, 2.05) is 13.8 Å². The molecule has 1 heterocycles. The number of aryl methyl sites for hydroxylation is 1. The molecule has 0 bridgehead atoms. The fraction of sp³-hybridized carbons (Fsp3) is 0.333. The van der Waals surface area contributed by atoms with Crippen molar-refractivity contribution in [2.45, 2.75) is 27.2 Å². The van der Waals surface area contributed by atoms with E-state index in [4.69, 9.17) is 27.9 Å². The molecule has 2 rings (SSSR count). The smallest absolute Gasteiger partial charge is 0.310 e. The van der Waals surface area contributed by atoms with Gasteiger partial charge >= 0.3 is 5.97 Å². The minimum atomic E-state index is -0.259. The van der Waals surface area contributed by atoms with Gasteiger partial charge in [0.25, 0.3) is 0 Å². The number of aromatic nitrogens is 2. The lowest BCUT2D eigenvalue weighted by Gasteiger charge is -2.08. The summed E-state index contributed by atoms with van der Waals surface area (Å²) in [5, 5.41) is 5.54. The number of ether oxygens (including phenoxy) is 1. The summed E-state index contributed by atoms with van der Waals surface area (Å²) >= 11 is 12.1. The Morgan fingerprint density at radius 1 is 1.33 bits per heavy atom. The van der Waals surface area contributed by atoms with Gasteiger partial charge in [-0.05, 0) is 39.0 Å². The number of halogens is 2. The van der Waals surface area contributed by atoms with Gasteiger partial charge in [0.15, 0.2) is 0 Å². The van der Waals surface area contributed by atoms with Gasteiger partial charge in [0.1, 0.15) is 0 Å². The van der Waals surface area contributed by atoms with Crippen LogP contribution in [-0.4, -0.2) is 22.4 Å². The SMILES string of the molecule is CCOC(=O)Cc1c(C)nn(-c2ccc(Cl)cc2Cl)c1C. The molecular weight excluding hydrogens is 311 g/mol. The van der Waals surface area contributed by atoms with Gasteiger partial charge in [-0.1, -0.05) is 23.2 Å². The number of benzene rings is 1. The molecule has 1 aromatic carbocycles. The number of rotatable bonds is 4. The van der Waals surface area contributed by atoms with Gasteiger partial charge in [0.2, 0.25) is 0 Å². The first-order valence-corrected chi connectivity index (χ1v) is 7.35. The first-order valence-electron chi connectivity index (χ1n) is 6.60. The van der Waals surface area contributed by atoms with Gasteiger partial charge in [-0.15, -0.1) is 0 Å². The second kappa shape index (κ2) is 6.50. The van der Waals surface area contributed by atoms with E-state index < -0.39 is 0 Å². The van der Waals surface area contributed by atoms with E-state index in [9.17, 15) is 4.79 Å². The molecule has 0 fully saturated rings. The van der Waals surface area contributed by atoms with Gasteiger partial charge in [0, 0.05) is 16.3 Å². The predicted octanol–water partition coefficient (Wildman–Crippen LogP) is 3.90. The van der Waals surface area contributed by atoms with Crippen molar-refractivity contribution in [2.75, 3.05) is 6.61 Å². The van der Waals surface area contributed by atoms with Crippen LogP contribution >= 0.6 is 23.2 Å². The Morgan fingerprint density at radius 2 is 2.05 bits per heavy atom. The Morgan fingerprint density at radius 3 is 2.67 bits per heavy atom. The highest BCUT2D eigenvalue weighted by Crippen LogP contribution is 2.27. The Labute approximate surface area is 133 Å². The Balaban J connectivity index is 2.41. The maximum atomic E-state index is 11.7. The predicted molar refractivity (Wildman–Crippen MR) is 83.4 cm³/mol. The summed E-state index contributed by atoms with van der Waals surface area (Å²) in [5.41, 5.74) is 3.24. The van der Waals surface area contributed by atoms with E-state index >= 15 is 0 Å². The van der Waals surface area contributed by atoms with Crippen LogP contribution in [0.3, 0.4) is 0 Å². The van der Waals surface area contributed by atoms with Gasteiger partial charge in [-0.2, -0.15) is 5.10 Å². The molecule has 2 aromatic rings. The standard InChI is InChI=1S/C15H16Cl2N2O2/c1-4-21-15(20)8-12-9(2)18-19(10(12)3)14-6-5-11(16)7-13(14)17/h5-7H,4,8H2,1-3H3. The second-order valence-corrected chi connectivity index (χ2v) is 5.48. The molecule has 21 heavy (non-hydrogen) atoms. The molecular formula is C15H16Cl2N2O2. The van der Waals surface area contributed by atoms with E-state index in [-0.39, 0.29) is 12.4 Å². The van der Waals surface area contributed by atoms with E-state index in [1.54, 1.807) is 29.8 Å². The number of carbonyl (C=O) groups is 1. The molecule has 0 saturated heterocycles. The monoisotopic (exact) mass is 326 g/mol. The Bertz CT molecular complexity index is 681.